The Hall–Kier alpha value is -0.870. The van der Waals surface area contributed by atoms with E-state index in [1.54, 1.807) is 0 Å². The predicted octanol–water partition coefficient (Wildman–Crippen LogP) is 0.959. The monoisotopic (exact) mass is 166 g/mol. The third kappa shape index (κ3) is 3.75. The van der Waals surface area contributed by atoms with Crippen LogP contribution >= 0.6 is 0 Å². The van der Waals surface area contributed by atoms with Crippen LogP contribution in [0, 0.1) is 0 Å². The van der Waals surface area contributed by atoms with Crippen LogP contribution in [-0.4, -0.2) is 25.0 Å². The maximum absolute atomic E-state index is 12.4. The van der Waals surface area contributed by atoms with Gasteiger partial charge in [-0.05, 0) is 6.92 Å². The van der Waals surface area contributed by atoms with E-state index < -0.39 is 18.0 Å². The first-order chi connectivity index (χ1) is 4.88. The molecule has 0 radical (unpaired) electrons. The predicted molar refractivity (Wildman–Crippen MR) is 37.7 cm³/mol. The normalized spacial score (nSPS) is 13.9. The lowest BCUT2D eigenvalue weighted by atomic mass is 10.2. The van der Waals surface area contributed by atoms with Crippen molar-refractivity contribution in [1.29, 1.82) is 0 Å². The fourth-order valence-electron chi connectivity index (χ4n) is 0.396. The van der Waals surface area contributed by atoms with Crippen LogP contribution in [-0.2, 0) is 0 Å². The van der Waals surface area contributed by atoms with Crippen molar-refractivity contribution in [1.82, 2.24) is 10.6 Å². The van der Waals surface area contributed by atoms with Crippen molar-refractivity contribution in [3.8, 4) is 0 Å². The van der Waals surface area contributed by atoms with E-state index in [0.29, 0.717) is 0 Å². The molecule has 0 aliphatic rings. The summed E-state index contributed by atoms with van der Waals surface area (Å²) in [5, 5.41) is 4.25. The Labute approximate surface area is 64.2 Å². The van der Waals surface area contributed by atoms with Gasteiger partial charge >= 0.3 is 6.03 Å². The average molecular weight is 166 g/mol. The summed E-state index contributed by atoms with van der Waals surface area (Å²) in [6.45, 7) is 2.00. The first-order valence-corrected chi connectivity index (χ1v) is 3.24. The summed E-state index contributed by atoms with van der Waals surface area (Å²) in [6, 6.07) is -1.75. The molecule has 0 heterocycles. The third-order valence-electron chi connectivity index (χ3n) is 1.34. The summed E-state index contributed by atoms with van der Waals surface area (Å²) in [5.41, 5.74) is 0. The van der Waals surface area contributed by atoms with Gasteiger partial charge in [0, 0.05) is 14.0 Å². The lowest BCUT2D eigenvalue weighted by Crippen LogP contribution is -2.47. The van der Waals surface area contributed by atoms with Crippen LogP contribution in [0.5, 0.6) is 0 Å². The zero-order valence-corrected chi connectivity index (χ0v) is 6.74. The zero-order chi connectivity index (χ0) is 9.07. The first kappa shape index (κ1) is 10.1. The van der Waals surface area contributed by atoms with Crippen LogP contribution < -0.4 is 10.6 Å². The minimum atomic E-state index is -2.88. The molecule has 2 N–H and O–H groups in total. The molecule has 0 aromatic carbocycles. The van der Waals surface area contributed by atoms with E-state index in [-0.39, 0.29) is 0 Å². The van der Waals surface area contributed by atoms with Gasteiger partial charge in [-0.2, -0.15) is 0 Å². The Morgan fingerprint density at radius 3 is 2.27 bits per heavy atom. The van der Waals surface area contributed by atoms with Crippen molar-refractivity contribution < 1.29 is 13.6 Å². The van der Waals surface area contributed by atoms with Gasteiger partial charge in [-0.25, -0.2) is 13.6 Å². The number of amides is 2. The number of alkyl halides is 2. The molecular formula is C6H12F2N2O. The van der Waals surface area contributed by atoms with E-state index in [1.165, 1.54) is 14.0 Å². The Bertz CT molecular complexity index is 144. The van der Waals surface area contributed by atoms with Crippen molar-refractivity contribution in [2.24, 2.45) is 0 Å². The molecule has 2 amide bonds. The molecule has 66 valence electrons. The standard InChI is InChI=1S/C6H12F2N2O/c1-4(6(2,7)8)10-5(11)9-3/h4H,1-3H3,(H2,9,10,11). The van der Waals surface area contributed by atoms with Gasteiger partial charge in [0.2, 0.25) is 0 Å². The molecule has 0 saturated heterocycles. The molecular weight excluding hydrogens is 154 g/mol. The van der Waals surface area contributed by atoms with E-state index in [0.717, 1.165) is 6.92 Å². The topological polar surface area (TPSA) is 41.1 Å². The Balaban J connectivity index is 3.87. The summed E-state index contributed by atoms with van der Waals surface area (Å²) in [6.07, 6.45) is 0. The molecule has 0 bridgehead atoms. The SMILES string of the molecule is CNC(=O)NC(C)C(C)(F)F. The Kier molecular flexibility index (Phi) is 3.22. The second-order valence-electron chi connectivity index (χ2n) is 2.40. The van der Waals surface area contributed by atoms with Crippen molar-refractivity contribution in [3.63, 3.8) is 0 Å². The Morgan fingerprint density at radius 2 is 2.00 bits per heavy atom. The zero-order valence-electron chi connectivity index (χ0n) is 6.74. The molecule has 0 aliphatic carbocycles. The third-order valence-corrected chi connectivity index (χ3v) is 1.34. The van der Waals surface area contributed by atoms with Gasteiger partial charge < -0.3 is 10.6 Å². The number of nitrogens with one attached hydrogen (secondary N) is 2. The second-order valence-corrected chi connectivity index (χ2v) is 2.40. The molecule has 0 aromatic heterocycles. The molecule has 3 nitrogen and oxygen atoms in total. The Morgan fingerprint density at radius 1 is 1.55 bits per heavy atom. The van der Waals surface area contributed by atoms with Gasteiger partial charge in [0.05, 0.1) is 6.04 Å². The lowest BCUT2D eigenvalue weighted by molar-refractivity contribution is -0.00831. The minimum Gasteiger partial charge on any atom is -0.341 e. The largest absolute Gasteiger partial charge is 0.341 e. The van der Waals surface area contributed by atoms with Crippen LogP contribution in [0.25, 0.3) is 0 Å². The number of halogens is 2. The van der Waals surface area contributed by atoms with Crippen molar-refractivity contribution in [3.05, 3.63) is 0 Å². The average Bonchev–Trinajstić information content (AvgIpc) is 1.85. The van der Waals surface area contributed by atoms with E-state index in [2.05, 4.69) is 10.6 Å². The quantitative estimate of drug-likeness (QED) is 0.630. The van der Waals surface area contributed by atoms with Crippen LogP contribution in [0.4, 0.5) is 13.6 Å². The van der Waals surface area contributed by atoms with E-state index in [4.69, 9.17) is 0 Å². The molecule has 0 aromatic rings. The van der Waals surface area contributed by atoms with E-state index in [1.807, 2.05) is 0 Å². The van der Waals surface area contributed by atoms with Gasteiger partial charge in [-0.15, -0.1) is 0 Å². The summed E-state index contributed by atoms with van der Waals surface area (Å²) in [7, 11) is 1.37. The summed E-state index contributed by atoms with van der Waals surface area (Å²) >= 11 is 0. The highest BCUT2D eigenvalue weighted by Crippen LogP contribution is 2.16. The van der Waals surface area contributed by atoms with Gasteiger partial charge in [0.15, 0.2) is 0 Å². The molecule has 1 atom stereocenters. The fourth-order valence-corrected chi connectivity index (χ4v) is 0.396. The molecule has 0 saturated carbocycles. The van der Waals surface area contributed by atoms with E-state index >= 15 is 0 Å². The molecule has 5 heteroatoms. The number of urea groups is 1. The summed E-state index contributed by atoms with van der Waals surface area (Å²) < 4.78 is 24.7. The van der Waals surface area contributed by atoms with Crippen molar-refractivity contribution >= 4 is 6.03 Å². The second kappa shape index (κ2) is 3.50. The van der Waals surface area contributed by atoms with Crippen molar-refractivity contribution in [2.45, 2.75) is 25.8 Å². The first-order valence-electron chi connectivity index (χ1n) is 3.24. The molecule has 0 rings (SSSR count). The van der Waals surface area contributed by atoms with Gasteiger partial charge in [-0.1, -0.05) is 0 Å². The van der Waals surface area contributed by atoms with Crippen molar-refractivity contribution in [2.75, 3.05) is 7.05 Å². The number of carbonyl (C=O) groups is 1. The van der Waals surface area contributed by atoms with Crippen LogP contribution in [0.3, 0.4) is 0 Å². The number of carbonyl (C=O) groups excluding carboxylic acids is 1. The molecule has 0 aliphatic heterocycles. The van der Waals surface area contributed by atoms with Gasteiger partial charge in [0.25, 0.3) is 5.92 Å². The highest BCUT2D eigenvalue weighted by molar-refractivity contribution is 5.73. The van der Waals surface area contributed by atoms with Gasteiger partial charge in [-0.3, -0.25) is 0 Å². The van der Waals surface area contributed by atoms with Crippen LogP contribution in [0.15, 0.2) is 0 Å². The van der Waals surface area contributed by atoms with E-state index in [9.17, 15) is 13.6 Å². The fraction of sp³-hybridized carbons (Fsp3) is 0.833. The maximum Gasteiger partial charge on any atom is 0.314 e. The van der Waals surface area contributed by atoms with Gasteiger partial charge in [0.1, 0.15) is 0 Å². The lowest BCUT2D eigenvalue weighted by Gasteiger charge is -2.19. The minimum absolute atomic E-state index is 0.598. The number of hydrogen-bond acceptors (Lipinski definition) is 1. The molecule has 11 heavy (non-hydrogen) atoms. The smallest absolute Gasteiger partial charge is 0.314 e. The maximum atomic E-state index is 12.4. The number of hydrogen-bond donors (Lipinski definition) is 2. The molecule has 0 fully saturated rings. The van der Waals surface area contributed by atoms with Crippen LogP contribution in [0.1, 0.15) is 13.8 Å². The molecule has 1 unspecified atom stereocenters. The van der Waals surface area contributed by atoms with Crippen LogP contribution in [0.2, 0.25) is 0 Å². The summed E-state index contributed by atoms with van der Waals surface area (Å²) in [5.74, 6) is -2.88. The summed E-state index contributed by atoms with van der Waals surface area (Å²) in [4.78, 5) is 10.5. The molecule has 0 spiro atoms. The highest BCUT2D eigenvalue weighted by atomic mass is 19.3. The number of rotatable bonds is 2. The highest BCUT2D eigenvalue weighted by Gasteiger charge is 2.30.